The zero-order chi connectivity index (χ0) is 20.0. The van der Waals surface area contributed by atoms with Gasteiger partial charge in [-0.15, -0.1) is 11.3 Å². The number of aliphatic hydroxyl groups excluding tert-OH is 1. The van der Waals surface area contributed by atoms with Crippen molar-refractivity contribution in [3.05, 3.63) is 68.6 Å². The number of nitrogens with one attached hydrogen (secondary N) is 1. The third kappa shape index (κ3) is 2.86. The van der Waals surface area contributed by atoms with Crippen molar-refractivity contribution in [1.82, 2.24) is 4.98 Å². The van der Waals surface area contributed by atoms with Crippen LogP contribution in [0.1, 0.15) is 42.9 Å². The quantitative estimate of drug-likeness (QED) is 0.454. The van der Waals surface area contributed by atoms with E-state index in [0.717, 1.165) is 39.4 Å². The van der Waals surface area contributed by atoms with Gasteiger partial charge in [-0.05, 0) is 64.6 Å². The van der Waals surface area contributed by atoms with Crippen LogP contribution in [0.25, 0.3) is 32.1 Å². The molecular formula is C23H22FNO2S. The molecule has 2 aromatic heterocycles. The van der Waals surface area contributed by atoms with Gasteiger partial charge in [-0.3, -0.25) is 4.79 Å². The fraction of sp³-hybridized carbons (Fsp3) is 0.261. The first-order valence-electron chi connectivity index (χ1n) is 9.42. The number of benzene rings is 2. The van der Waals surface area contributed by atoms with E-state index in [1.807, 2.05) is 50.4 Å². The van der Waals surface area contributed by atoms with Crippen molar-refractivity contribution in [2.45, 2.75) is 39.7 Å². The number of aryl methyl sites for hydroxylation is 1. The maximum Gasteiger partial charge on any atom is 0.266 e. The third-order valence-electron chi connectivity index (χ3n) is 5.59. The summed E-state index contributed by atoms with van der Waals surface area (Å²) in [7, 11) is 0. The van der Waals surface area contributed by atoms with Crippen molar-refractivity contribution in [2.75, 3.05) is 0 Å². The molecule has 0 saturated carbocycles. The van der Waals surface area contributed by atoms with Gasteiger partial charge in [-0.25, -0.2) is 4.39 Å². The lowest BCUT2D eigenvalue weighted by molar-refractivity contribution is 0.282. The molecule has 0 aliphatic heterocycles. The lowest BCUT2D eigenvalue weighted by atomic mass is 9.89. The Morgan fingerprint density at radius 2 is 2.04 bits per heavy atom. The number of aromatic amines is 1. The summed E-state index contributed by atoms with van der Waals surface area (Å²) in [5, 5.41) is 13.6. The monoisotopic (exact) mass is 395 g/mol. The molecule has 1 atom stereocenters. The normalized spacial score (nSPS) is 12.8. The van der Waals surface area contributed by atoms with Gasteiger partial charge in [0.25, 0.3) is 5.56 Å². The molecule has 0 saturated heterocycles. The molecule has 0 bridgehead atoms. The van der Waals surface area contributed by atoms with Gasteiger partial charge in [-0.2, -0.15) is 0 Å². The Labute approximate surface area is 166 Å². The van der Waals surface area contributed by atoms with Gasteiger partial charge in [0.15, 0.2) is 0 Å². The summed E-state index contributed by atoms with van der Waals surface area (Å²) in [5.41, 5.74) is 4.39. The smallest absolute Gasteiger partial charge is 0.266 e. The highest BCUT2D eigenvalue weighted by atomic mass is 32.1. The SMILES string of the molecule is CC[C@H](C)c1ccc(-c2c(CO)cc(C)c3[nH]c(=O)c4sccc4c23)cc1F. The molecule has 3 nitrogen and oxygen atoms in total. The van der Waals surface area contributed by atoms with Gasteiger partial charge in [0.05, 0.1) is 12.1 Å². The minimum Gasteiger partial charge on any atom is -0.392 e. The largest absolute Gasteiger partial charge is 0.392 e. The molecule has 0 amide bonds. The molecule has 0 aliphatic rings. The van der Waals surface area contributed by atoms with Crippen LogP contribution in [0.4, 0.5) is 4.39 Å². The average molecular weight is 395 g/mol. The summed E-state index contributed by atoms with van der Waals surface area (Å²) in [6, 6.07) is 9.09. The van der Waals surface area contributed by atoms with Crippen LogP contribution < -0.4 is 5.56 Å². The highest BCUT2D eigenvalue weighted by Crippen LogP contribution is 2.39. The fourth-order valence-corrected chi connectivity index (χ4v) is 4.72. The number of aromatic nitrogens is 1. The standard InChI is InChI=1S/C23H22FNO2S/c1-4-12(2)16-6-5-14(10-18(16)24)19-15(11-26)9-13(3)21-20(19)17-7-8-28-22(17)23(27)25-21/h5-10,12,26H,4,11H2,1-3H3,(H,25,27)/t12-/m0/s1. The summed E-state index contributed by atoms with van der Waals surface area (Å²) >= 11 is 1.38. The van der Waals surface area contributed by atoms with Crippen molar-refractivity contribution < 1.29 is 9.50 Å². The minimum absolute atomic E-state index is 0.124. The van der Waals surface area contributed by atoms with E-state index in [4.69, 9.17) is 0 Å². The number of fused-ring (bicyclic) bond motifs is 3. The zero-order valence-corrected chi connectivity index (χ0v) is 16.9. The number of H-pyrrole nitrogens is 1. The van der Waals surface area contributed by atoms with E-state index < -0.39 is 0 Å². The summed E-state index contributed by atoms with van der Waals surface area (Å²) < 4.78 is 15.5. The highest BCUT2D eigenvalue weighted by Gasteiger charge is 2.19. The zero-order valence-electron chi connectivity index (χ0n) is 16.1. The summed E-state index contributed by atoms with van der Waals surface area (Å²) in [6.45, 7) is 5.80. The number of halogens is 1. The third-order valence-corrected chi connectivity index (χ3v) is 6.50. The number of aliphatic hydroxyl groups is 1. The van der Waals surface area contributed by atoms with Crippen LogP contribution in [0.2, 0.25) is 0 Å². The first-order chi connectivity index (χ1) is 13.5. The summed E-state index contributed by atoms with van der Waals surface area (Å²) in [5.74, 6) is -0.100. The topological polar surface area (TPSA) is 53.1 Å². The second-order valence-electron chi connectivity index (χ2n) is 7.30. The molecule has 4 rings (SSSR count). The summed E-state index contributed by atoms with van der Waals surface area (Å²) in [4.78, 5) is 15.4. The van der Waals surface area contributed by atoms with E-state index in [1.165, 1.54) is 11.3 Å². The fourth-order valence-electron chi connectivity index (χ4n) is 3.93. The van der Waals surface area contributed by atoms with Gasteiger partial charge in [0.2, 0.25) is 0 Å². The molecule has 28 heavy (non-hydrogen) atoms. The molecule has 2 aromatic carbocycles. The van der Waals surface area contributed by atoms with Gasteiger partial charge in [-0.1, -0.05) is 32.0 Å². The number of rotatable bonds is 4. The average Bonchev–Trinajstić information content (AvgIpc) is 3.18. The molecule has 144 valence electrons. The van der Waals surface area contributed by atoms with Crippen molar-refractivity contribution >= 4 is 32.3 Å². The Kier molecular flexibility index (Phi) is 4.81. The predicted molar refractivity (Wildman–Crippen MR) is 115 cm³/mol. The number of thiophene rings is 1. The highest BCUT2D eigenvalue weighted by molar-refractivity contribution is 7.17. The molecule has 4 aromatic rings. The Hall–Kier alpha value is -2.50. The van der Waals surface area contributed by atoms with Gasteiger partial charge < -0.3 is 10.1 Å². The Morgan fingerprint density at radius 3 is 2.71 bits per heavy atom. The van der Waals surface area contributed by atoms with Gasteiger partial charge in [0, 0.05) is 10.8 Å². The molecule has 0 radical (unpaired) electrons. The first-order valence-corrected chi connectivity index (χ1v) is 10.3. The van der Waals surface area contributed by atoms with Crippen LogP contribution in [0.5, 0.6) is 0 Å². The van der Waals surface area contributed by atoms with Gasteiger partial charge >= 0.3 is 0 Å². The molecule has 5 heteroatoms. The number of hydrogen-bond donors (Lipinski definition) is 2. The van der Waals surface area contributed by atoms with Crippen LogP contribution >= 0.6 is 11.3 Å². The van der Waals surface area contributed by atoms with Crippen molar-refractivity contribution in [3.63, 3.8) is 0 Å². The molecule has 0 fully saturated rings. The van der Waals surface area contributed by atoms with Crippen LogP contribution in [0.3, 0.4) is 0 Å². The van der Waals surface area contributed by atoms with E-state index in [0.29, 0.717) is 15.8 Å². The van der Waals surface area contributed by atoms with Crippen LogP contribution in [0.15, 0.2) is 40.5 Å². The second-order valence-corrected chi connectivity index (χ2v) is 8.21. The molecule has 2 heterocycles. The Morgan fingerprint density at radius 1 is 1.25 bits per heavy atom. The van der Waals surface area contributed by atoms with Crippen molar-refractivity contribution in [3.8, 4) is 11.1 Å². The molecule has 0 unspecified atom stereocenters. The van der Waals surface area contributed by atoms with E-state index in [9.17, 15) is 14.3 Å². The maximum atomic E-state index is 14.9. The molecule has 0 spiro atoms. The van der Waals surface area contributed by atoms with Crippen LogP contribution in [0, 0.1) is 12.7 Å². The maximum absolute atomic E-state index is 14.9. The van der Waals surface area contributed by atoms with E-state index in [-0.39, 0.29) is 23.9 Å². The predicted octanol–water partition coefficient (Wildman–Crippen LogP) is 5.86. The van der Waals surface area contributed by atoms with Gasteiger partial charge in [0.1, 0.15) is 10.5 Å². The van der Waals surface area contributed by atoms with Crippen molar-refractivity contribution in [1.29, 1.82) is 0 Å². The minimum atomic E-state index is -0.240. The Balaban J connectivity index is 2.12. The van der Waals surface area contributed by atoms with Crippen LogP contribution in [-0.4, -0.2) is 10.1 Å². The lowest BCUT2D eigenvalue weighted by Crippen LogP contribution is -2.07. The van der Waals surface area contributed by atoms with E-state index in [2.05, 4.69) is 4.98 Å². The first kappa shape index (κ1) is 18.8. The molecular weight excluding hydrogens is 373 g/mol. The van der Waals surface area contributed by atoms with Crippen LogP contribution in [-0.2, 0) is 6.61 Å². The Bertz CT molecular complexity index is 1260. The lowest BCUT2D eigenvalue weighted by Gasteiger charge is -2.17. The summed E-state index contributed by atoms with van der Waals surface area (Å²) in [6.07, 6.45) is 0.863. The van der Waals surface area contributed by atoms with Crippen molar-refractivity contribution in [2.24, 2.45) is 0 Å². The van der Waals surface area contributed by atoms with E-state index in [1.54, 1.807) is 6.07 Å². The second kappa shape index (κ2) is 7.15. The number of pyridine rings is 1. The molecule has 0 aliphatic carbocycles. The molecule has 2 N–H and O–H groups in total. The van der Waals surface area contributed by atoms with E-state index >= 15 is 0 Å². The number of hydrogen-bond acceptors (Lipinski definition) is 3.